The van der Waals surface area contributed by atoms with E-state index in [9.17, 15) is 9.59 Å². The van der Waals surface area contributed by atoms with Crippen molar-refractivity contribution in [2.75, 3.05) is 19.2 Å². The third-order valence-electron chi connectivity index (χ3n) is 4.70. The number of rotatable bonds is 4. The standard InChI is InChI=1S/C20H18BrN5O3S/c1-13(27)18-23-26(16-8-6-15(21)7-9-16)20(30-18)24(2)22-12-25(20)19(28)14-4-10-17(29-3)11-5-14/h4-12H,1-3H3. The van der Waals surface area contributed by atoms with E-state index < -0.39 is 5.12 Å². The Morgan fingerprint density at radius 3 is 2.37 bits per heavy atom. The van der Waals surface area contributed by atoms with Gasteiger partial charge in [-0.15, -0.1) is 0 Å². The van der Waals surface area contributed by atoms with Crippen molar-refractivity contribution < 1.29 is 14.3 Å². The van der Waals surface area contributed by atoms with Gasteiger partial charge in [-0.05, 0) is 60.3 Å². The van der Waals surface area contributed by atoms with Crippen LogP contribution in [0.3, 0.4) is 0 Å². The van der Waals surface area contributed by atoms with E-state index in [1.54, 1.807) is 48.4 Å². The Morgan fingerprint density at radius 1 is 1.10 bits per heavy atom. The number of benzene rings is 2. The number of methoxy groups -OCH3 is 1. The number of hydrogen-bond acceptors (Lipinski definition) is 8. The number of ether oxygens (including phenoxy) is 1. The minimum Gasteiger partial charge on any atom is -0.497 e. The van der Waals surface area contributed by atoms with Gasteiger partial charge in [0, 0.05) is 24.0 Å². The number of nitrogens with zero attached hydrogens (tertiary/aromatic N) is 5. The summed E-state index contributed by atoms with van der Waals surface area (Å²) in [5.74, 6) is 0.193. The molecule has 1 amide bonds. The molecule has 0 radical (unpaired) electrons. The first-order valence-corrected chi connectivity index (χ1v) is 10.6. The third-order valence-corrected chi connectivity index (χ3v) is 6.70. The van der Waals surface area contributed by atoms with Crippen molar-refractivity contribution in [3.63, 3.8) is 0 Å². The molecule has 0 aromatic heterocycles. The lowest BCUT2D eigenvalue weighted by atomic mass is 10.2. The van der Waals surface area contributed by atoms with Gasteiger partial charge in [0.05, 0.1) is 12.8 Å². The number of thioether (sulfide) groups is 1. The first-order chi connectivity index (χ1) is 14.4. The Balaban J connectivity index is 1.78. The van der Waals surface area contributed by atoms with Gasteiger partial charge in [-0.3, -0.25) is 9.59 Å². The number of carbonyl (C=O) groups is 2. The summed E-state index contributed by atoms with van der Waals surface area (Å²) >= 11 is 4.61. The molecule has 1 spiro atoms. The van der Waals surface area contributed by atoms with Crippen LogP contribution in [0.15, 0.2) is 63.2 Å². The van der Waals surface area contributed by atoms with Crippen LogP contribution in [0.2, 0.25) is 0 Å². The van der Waals surface area contributed by atoms with Crippen LogP contribution in [0.1, 0.15) is 17.3 Å². The fraction of sp³-hybridized carbons (Fsp3) is 0.200. The van der Waals surface area contributed by atoms with Crippen molar-refractivity contribution in [1.82, 2.24) is 9.91 Å². The molecule has 0 N–H and O–H groups in total. The van der Waals surface area contributed by atoms with Gasteiger partial charge in [0.15, 0.2) is 10.8 Å². The monoisotopic (exact) mass is 487 g/mol. The van der Waals surface area contributed by atoms with Gasteiger partial charge in [-0.2, -0.15) is 10.2 Å². The molecule has 0 aliphatic carbocycles. The van der Waals surface area contributed by atoms with E-state index in [-0.39, 0.29) is 11.7 Å². The molecule has 1 unspecified atom stereocenters. The molecule has 2 aliphatic rings. The van der Waals surface area contributed by atoms with Crippen LogP contribution < -0.4 is 9.75 Å². The fourth-order valence-electron chi connectivity index (χ4n) is 3.15. The molecule has 2 aromatic carbocycles. The maximum Gasteiger partial charge on any atom is 0.291 e. The second-order valence-corrected chi connectivity index (χ2v) is 8.64. The number of carbonyl (C=O) groups excluding carboxylic acids is 2. The number of anilines is 1. The van der Waals surface area contributed by atoms with E-state index in [2.05, 4.69) is 26.1 Å². The van der Waals surface area contributed by atoms with Crippen LogP contribution in [0.4, 0.5) is 5.69 Å². The Hall–Kier alpha value is -2.85. The number of ketones is 1. The van der Waals surface area contributed by atoms with Crippen molar-refractivity contribution in [2.45, 2.75) is 12.0 Å². The van der Waals surface area contributed by atoms with E-state index in [1.807, 2.05) is 24.3 Å². The van der Waals surface area contributed by atoms with E-state index in [0.29, 0.717) is 22.0 Å². The van der Waals surface area contributed by atoms with Crippen molar-refractivity contribution in [1.29, 1.82) is 0 Å². The average Bonchev–Trinajstić information content (AvgIpc) is 3.30. The molecule has 1 atom stereocenters. The highest BCUT2D eigenvalue weighted by atomic mass is 79.9. The summed E-state index contributed by atoms with van der Waals surface area (Å²) < 4.78 is 6.09. The molecule has 2 aliphatic heterocycles. The molecule has 4 rings (SSSR count). The lowest BCUT2D eigenvalue weighted by Gasteiger charge is -2.42. The van der Waals surface area contributed by atoms with Crippen molar-refractivity contribution >= 4 is 56.5 Å². The van der Waals surface area contributed by atoms with Crippen LogP contribution in [-0.4, -0.2) is 52.3 Å². The first-order valence-electron chi connectivity index (χ1n) is 8.97. The number of halogens is 1. The van der Waals surface area contributed by atoms with Gasteiger partial charge < -0.3 is 4.74 Å². The Kier molecular flexibility index (Phi) is 5.29. The summed E-state index contributed by atoms with van der Waals surface area (Å²) in [5.41, 5.74) is 1.18. The van der Waals surface area contributed by atoms with Gasteiger partial charge in [0.1, 0.15) is 12.1 Å². The zero-order valence-corrected chi connectivity index (χ0v) is 18.8. The summed E-state index contributed by atoms with van der Waals surface area (Å²) in [6.07, 6.45) is 1.46. The quantitative estimate of drug-likeness (QED) is 0.655. The summed E-state index contributed by atoms with van der Waals surface area (Å²) in [4.78, 5) is 27.1. The number of hydrogen-bond donors (Lipinski definition) is 0. The summed E-state index contributed by atoms with van der Waals surface area (Å²) in [6, 6.07) is 14.3. The maximum atomic E-state index is 13.4. The minimum absolute atomic E-state index is 0.184. The van der Waals surface area contributed by atoms with E-state index in [1.165, 1.54) is 29.9 Å². The molecule has 154 valence electrons. The predicted octanol–water partition coefficient (Wildman–Crippen LogP) is 3.56. The van der Waals surface area contributed by atoms with E-state index in [0.717, 1.165) is 4.47 Å². The molecule has 0 bridgehead atoms. The first kappa shape index (κ1) is 20.4. The molecule has 0 saturated carbocycles. The molecular formula is C20H18BrN5O3S. The number of amides is 1. The second kappa shape index (κ2) is 7.77. The zero-order chi connectivity index (χ0) is 21.5. The molecule has 30 heavy (non-hydrogen) atoms. The van der Waals surface area contributed by atoms with Crippen LogP contribution in [0.5, 0.6) is 5.75 Å². The highest BCUT2D eigenvalue weighted by Gasteiger charge is 2.58. The topological polar surface area (TPSA) is 77.8 Å². The highest BCUT2D eigenvalue weighted by Crippen LogP contribution is 2.47. The normalized spacial score (nSPS) is 20.1. The number of Topliss-reactive ketones (excluding diaryl/α,β-unsaturated/α-hetero) is 1. The second-order valence-electron chi connectivity index (χ2n) is 6.58. The fourth-order valence-corrected chi connectivity index (χ4v) is 4.58. The average molecular weight is 488 g/mol. The van der Waals surface area contributed by atoms with E-state index >= 15 is 0 Å². The molecule has 0 fully saturated rings. The Morgan fingerprint density at radius 2 is 1.77 bits per heavy atom. The highest BCUT2D eigenvalue weighted by molar-refractivity contribution is 9.10. The third kappa shape index (κ3) is 3.25. The summed E-state index contributed by atoms with van der Waals surface area (Å²) in [6.45, 7) is 1.45. The minimum atomic E-state index is -1.17. The summed E-state index contributed by atoms with van der Waals surface area (Å²) in [5, 5.41) is 11.3. The SMILES string of the molecule is COc1ccc(C(=O)N2C=NN(C)C23SC(C(C)=O)=NN3c2ccc(Br)cc2)cc1. The molecule has 2 aromatic rings. The van der Waals surface area contributed by atoms with E-state index in [4.69, 9.17) is 4.74 Å². The van der Waals surface area contributed by atoms with Crippen LogP contribution in [0, 0.1) is 0 Å². The largest absolute Gasteiger partial charge is 0.497 e. The predicted molar refractivity (Wildman–Crippen MR) is 120 cm³/mol. The van der Waals surface area contributed by atoms with Gasteiger partial charge >= 0.3 is 0 Å². The Bertz CT molecular complexity index is 1060. The molecule has 2 heterocycles. The van der Waals surface area contributed by atoms with Crippen LogP contribution in [0.25, 0.3) is 0 Å². The molecular weight excluding hydrogens is 470 g/mol. The lowest BCUT2D eigenvalue weighted by Crippen LogP contribution is -2.60. The smallest absolute Gasteiger partial charge is 0.291 e. The van der Waals surface area contributed by atoms with Gasteiger partial charge in [0.2, 0.25) is 0 Å². The summed E-state index contributed by atoms with van der Waals surface area (Å²) in [7, 11) is 3.31. The van der Waals surface area contributed by atoms with Gasteiger partial charge in [-0.25, -0.2) is 14.9 Å². The van der Waals surface area contributed by atoms with Gasteiger partial charge in [0.25, 0.3) is 11.0 Å². The van der Waals surface area contributed by atoms with Crippen LogP contribution in [-0.2, 0) is 4.79 Å². The van der Waals surface area contributed by atoms with Crippen molar-refractivity contribution in [3.8, 4) is 5.75 Å². The maximum absolute atomic E-state index is 13.4. The van der Waals surface area contributed by atoms with Crippen molar-refractivity contribution in [2.24, 2.45) is 10.2 Å². The lowest BCUT2D eigenvalue weighted by molar-refractivity contribution is -0.110. The molecule has 8 nitrogen and oxygen atoms in total. The zero-order valence-electron chi connectivity index (χ0n) is 16.4. The molecule has 10 heteroatoms. The number of hydrazone groups is 2. The Labute approximate surface area is 186 Å². The van der Waals surface area contributed by atoms with Gasteiger partial charge in [-0.1, -0.05) is 15.9 Å². The molecule has 0 saturated heterocycles. The van der Waals surface area contributed by atoms with Crippen molar-refractivity contribution in [3.05, 3.63) is 58.6 Å². The van der Waals surface area contributed by atoms with Crippen LogP contribution >= 0.6 is 27.7 Å².